The maximum atomic E-state index is 13.0. The molecule has 0 bridgehead atoms. The molecule has 0 unspecified atom stereocenters. The molecule has 0 spiro atoms. The first-order valence-corrected chi connectivity index (χ1v) is 11.6. The fourth-order valence-corrected chi connectivity index (χ4v) is 4.16. The van der Waals surface area contributed by atoms with Crippen molar-refractivity contribution >= 4 is 40.6 Å². The molecule has 1 heterocycles. The summed E-state index contributed by atoms with van der Waals surface area (Å²) in [5.41, 5.74) is 8.79. The lowest BCUT2D eigenvalue weighted by molar-refractivity contribution is -0.451. The summed E-state index contributed by atoms with van der Waals surface area (Å²) in [4.78, 5) is 13.7. The molecule has 3 aromatic carbocycles. The molecule has 1 aliphatic heterocycles. The molecule has 7 nitrogen and oxygen atoms in total. The largest absolute Gasteiger partial charge is 0.446 e. The number of hydrogen-bond acceptors (Lipinski definition) is 5. The summed E-state index contributed by atoms with van der Waals surface area (Å²) in [5.74, 6) is 0.180. The van der Waals surface area contributed by atoms with Crippen LogP contribution in [0.3, 0.4) is 0 Å². The van der Waals surface area contributed by atoms with Crippen molar-refractivity contribution in [3.05, 3.63) is 94.5 Å². The number of β-amino-alcohol motifs (C(OH)–C–C–N with tert-alkyl or cyclic N) is 1. The summed E-state index contributed by atoms with van der Waals surface area (Å²) in [6, 6.07) is 19.9. The van der Waals surface area contributed by atoms with Gasteiger partial charge in [-0.15, -0.1) is 0 Å². The number of aliphatic hydroxyl groups is 1. The predicted octanol–water partition coefficient (Wildman–Crippen LogP) is 4.72. The van der Waals surface area contributed by atoms with Crippen molar-refractivity contribution < 1.29 is 27.6 Å². The second-order valence-corrected chi connectivity index (χ2v) is 8.86. The average Bonchev–Trinajstić information content (AvgIpc) is 2.86. The van der Waals surface area contributed by atoms with Gasteiger partial charge in [-0.1, -0.05) is 48.0 Å². The smallest absolute Gasteiger partial charge is 0.399 e. The molecule has 0 fully saturated rings. The van der Waals surface area contributed by atoms with Crippen LogP contribution in [0.4, 0.5) is 29.3 Å². The second kappa shape index (κ2) is 10.6. The molecule has 5 N–H and O–H groups in total. The number of carbonyl (C=O) groups is 1. The first kappa shape index (κ1) is 26.2. The first-order chi connectivity index (χ1) is 17.6. The van der Waals surface area contributed by atoms with Crippen LogP contribution < -0.4 is 11.1 Å². The van der Waals surface area contributed by atoms with Crippen LogP contribution in [0.25, 0.3) is 0 Å². The number of nitrogen functional groups attached to an aromatic ring is 1. The van der Waals surface area contributed by atoms with Crippen LogP contribution in [0.15, 0.2) is 72.8 Å². The van der Waals surface area contributed by atoms with Crippen molar-refractivity contribution in [2.24, 2.45) is 0 Å². The Kier molecular flexibility index (Phi) is 7.51. The van der Waals surface area contributed by atoms with Gasteiger partial charge in [0.05, 0.1) is 5.71 Å². The van der Waals surface area contributed by atoms with Gasteiger partial charge in [-0.3, -0.25) is 0 Å². The molecule has 1 atom stereocenters. The van der Waals surface area contributed by atoms with Gasteiger partial charge in [0.15, 0.2) is 6.10 Å². The van der Waals surface area contributed by atoms with Crippen molar-refractivity contribution in [3.8, 4) is 0 Å². The quantitative estimate of drug-likeness (QED) is 0.182. The number of rotatable bonds is 9. The number of alkyl halides is 3. The van der Waals surface area contributed by atoms with Gasteiger partial charge in [0.25, 0.3) is 0 Å². The van der Waals surface area contributed by atoms with Crippen molar-refractivity contribution in [2.75, 3.05) is 24.1 Å². The number of carbonyl (C=O) groups excluding carboxylic acids is 1. The molecule has 1 aliphatic rings. The van der Waals surface area contributed by atoms with Crippen molar-refractivity contribution in [3.63, 3.8) is 0 Å². The number of urea groups is 1. The monoisotopic (exact) mass is 530 g/mol. The van der Waals surface area contributed by atoms with E-state index < -0.39 is 24.9 Å². The van der Waals surface area contributed by atoms with E-state index in [-0.39, 0.29) is 18.1 Å². The number of nitrogens with one attached hydrogen (secondary N) is 2. The van der Waals surface area contributed by atoms with E-state index in [0.717, 1.165) is 10.5 Å². The number of halogens is 4. The molecule has 11 heteroatoms. The topological polar surface area (TPSA) is 105 Å². The van der Waals surface area contributed by atoms with E-state index >= 15 is 0 Å². The summed E-state index contributed by atoms with van der Waals surface area (Å²) < 4.78 is 40.2. The fourth-order valence-electron chi connectivity index (χ4n) is 3.96. The van der Waals surface area contributed by atoms with Gasteiger partial charge in [-0.2, -0.15) is 22.6 Å². The van der Waals surface area contributed by atoms with Gasteiger partial charge in [0.1, 0.15) is 13.1 Å². The average molecular weight is 531 g/mol. The van der Waals surface area contributed by atoms with E-state index in [2.05, 4.69) is 5.32 Å². The van der Waals surface area contributed by atoms with E-state index in [1.165, 1.54) is 4.58 Å². The maximum absolute atomic E-state index is 13.0. The zero-order valence-electron chi connectivity index (χ0n) is 19.5. The van der Waals surface area contributed by atoms with Crippen molar-refractivity contribution in [2.45, 2.75) is 18.8 Å². The van der Waals surface area contributed by atoms with Crippen LogP contribution >= 0.6 is 11.6 Å². The lowest BCUT2D eigenvalue weighted by Crippen LogP contribution is -2.61. The second-order valence-electron chi connectivity index (χ2n) is 8.45. The predicted molar refractivity (Wildman–Crippen MR) is 136 cm³/mol. The van der Waals surface area contributed by atoms with E-state index in [1.54, 1.807) is 54.6 Å². The number of amidine groups is 1. The number of anilines is 2. The maximum Gasteiger partial charge on any atom is 0.446 e. The highest BCUT2D eigenvalue weighted by molar-refractivity contribution is 6.31. The van der Waals surface area contributed by atoms with Crippen LogP contribution in [0.5, 0.6) is 0 Å². The first-order valence-electron chi connectivity index (χ1n) is 11.3. The highest BCUT2D eigenvalue weighted by atomic mass is 35.5. The number of nitrogens with zero attached hydrogens (tertiary/aromatic N) is 2. The van der Waals surface area contributed by atoms with Gasteiger partial charge >= 0.3 is 12.2 Å². The molecule has 0 saturated heterocycles. The Balaban J connectivity index is 1.62. The summed E-state index contributed by atoms with van der Waals surface area (Å²) in [6.45, 7) is -0.786. The minimum atomic E-state index is -4.87. The Morgan fingerprint density at radius 2 is 1.78 bits per heavy atom. The van der Waals surface area contributed by atoms with E-state index in [1.807, 2.05) is 18.2 Å². The zero-order valence-corrected chi connectivity index (χ0v) is 20.2. The molecule has 2 amide bonds. The Hall–Kier alpha value is -3.89. The minimum Gasteiger partial charge on any atom is -0.399 e. The minimum absolute atomic E-state index is 0.0412. The van der Waals surface area contributed by atoms with Gasteiger partial charge in [0.2, 0.25) is 5.84 Å². The molecule has 0 saturated carbocycles. The summed E-state index contributed by atoms with van der Waals surface area (Å²) >= 11 is 6.24. The molecule has 192 valence electrons. The third kappa shape index (κ3) is 5.76. The Morgan fingerprint density at radius 1 is 1.11 bits per heavy atom. The van der Waals surface area contributed by atoms with Gasteiger partial charge in [-0.25, -0.2) is 4.79 Å². The number of amides is 2. The standard InChI is InChI=1S/C26H24ClF3N5O2/c27-20-9-5-4-8-17(20)13-33-22-12-18(31)10-11-19(22)21(32)14-34-24(16-6-2-1-3-7-16)35(25(34)37)15-23(36)26(28,29)30/h1-12,23,32-33,36H,13-15,31H2/q+1/t23-/m0/s1. The van der Waals surface area contributed by atoms with Gasteiger partial charge in [0, 0.05) is 34.1 Å². The highest BCUT2D eigenvalue weighted by Gasteiger charge is 2.49. The van der Waals surface area contributed by atoms with E-state index in [9.17, 15) is 23.1 Å². The Bertz CT molecular complexity index is 1360. The summed E-state index contributed by atoms with van der Waals surface area (Å²) in [7, 11) is 0. The summed E-state index contributed by atoms with van der Waals surface area (Å²) in [6.07, 6.45) is -7.57. The number of hydrogen-bond donors (Lipinski definition) is 4. The van der Waals surface area contributed by atoms with Gasteiger partial charge in [-0.05, 0) is 42.0 Å². The molecule has 3 aromatic rings. The lowest BCUT2D eigenvalue weighted by Gasteiger charge is -2.32. The van der Waals surface area contributed by atoms with Gasteiger partial charge < -0.3 is 21.6 Å². The lowest BCUT2D eigenvalue weighted by atomic mass is 10.0. The van der Waals surface area contributed by atoms with Crippen LogP contribution in [0.2, 0.25) is 5.02 Å². The molecular formula is C26H24ClF3N5O2+. The number of aliphatic hydroxyl groups excluding tert-OH is 1. The van der Waals surface area contributed by atoms with Crippen LogP contribution in [-0.4, -0.2) is 57.5 Å². The highest BCUT2D eigenvalue weighted by Crippen LogP contribution is 2.26. The number of benzene rings is 3. The Morgan fingerprint density at radius 3 is 2.46 bits per heavy atom. The Labute approximate surface area is 216 Å². The van der Waals surface area contributed by atoms with Crippen LogP contribution in [0.1, 0.15) is 16.7 Å². The molecule has 0 aliphatic carbocycles. The van der Waals surface area contributed by atoms with E-state index in [4.69, 9.17) is 22.7 Å². The fraction of sp³-hybridized carbons (Fsp3) is 0.192. The normalized spacial score (nSPS) is 14.4. The molecule has 0 aromatic heterocycles. The SMILES string of the molecule is N=C(C[N+]1=C(c2ccccc2)N(C[C@H](O)C(F)(F)F)C1=O)c1ccc(N)cc1NCc1ccccc1Cl. The van der Waals surface area contributed by atoms with Crippen molar-refractivity contribution in [1.82, 2.24) is 4.90 Å². The van der Waals surface area contributed by atoms with Crippen LogP contribution in [0, 0.1) is 5.41 Å². The summed E-state index contributed by atoms with van der Waals surface area (Å²) in [5, 5.41) is 22.1. The third-order valence-corrected chi connectivity index (χ3v) is 6.22. The molecular weight excluding hydrogens is 507 g/mol. The third-order valence-electron chi connectivity index (χ3n) is 5.85. The molecule has 0 radical (unpaired) electrons. The molecule has 37 heavy (non-hydrogen) atoms. The van der Waals surface area contributed by atoms with E-state index in [0.29, 0.717) is 34.1 Å². The zero-order chi connectivity index (χ0) is 26.7. The van der Waals surface area contributed by atoms with Crippen LogP contribution in [-0.2, 0) is 6.54 Å². The molecule has 4 rings (SSSR count). The number of nitrogens with two attached hydrogens (primary N) is 1. The van der Waals surface area contributed by atoms with Crippen molar-refractivity contribution in [1.29, 1.82) is 5.41 Å².